The Bertz CT molecular complexity index is 637. The maximum atomic E-state index is 11.5. The predicted octanol–water partition coefficient (Wildman–Crippen LogP) is 3.19. The molecule has 4 heteroatoms. The topological polar surface area (TPSA) is 47.6 Å². The van der Waals surface area contributed by atoms with Crippen LogP contribution in [0.15, 0.2) is 42.5 Å². The molecule has 0 amide bonds. The summed E-state index contributed by atoms with van der Waals surface area (Å²) in [4.78, 5) is 11.5. The van der Waals surface area contributed by atoms with Gasteiger partial charge in [0.25, 0.3) is 0 Å². The minimum absolute atomic E-state index is 0.355. The third-order valence-electron chi connectivity index (χ3n) is 3.06. The Morgan fingerprint density at radius 1 is 1.21 bits per heavy atom. The molecule has 1 aliphatic rings. The number of rotatable bonds is 1. The molecule has 19 heavy (non-hydrogen) atoms. The Morgan fingerprint density at radius 2 is 2.05 bits per heavy atom. The van der Waals surface area contributed by atoms with E-state index in [0.29, 0.717) is 17.9 Å². The molecule has 0 bridgehead atoms. The molecule has 1 heterocycles. The van der Waals surface area contributed by atoms with Crippen molar-refractivity contribution >= 4 is 11.7 Å². The number of hydrogen-bond acceptors (Lipinski definition) is 4. The van der Waals surface area contributed by atoms with E-state index < -0.39 is 0 Å². The standard InChI is InChI=1S/C15H13NO3/c1-18-15(17)10-6-7-14-12(8-10)16-9-11-4-2-3-5-13(11)19-14/h2-8,16H,9H2,1H3. The van der Waals surface area contributed by atoms with Crippen molar-refractivity contribution in [2.45, 2.75) is 6.54 Å². The van der Waals surface area contributed by atoms with Gasteiger partial charge in [-0.2, -0.15) is 0 Å². The summed E-state index contributed by atoms with van der Waals surface area (Å²) in [5, 5.41) is 3.27. The van der Waals surface area contributed by atoms with Crippen molar-refractivity contribution in [1.29, 1.82) is 0 Å². The van der Waals surface area contributed by atoms with E-state index in [2.05, 4.69) is 5.32 Å². The third kappa shape index (κ3) is 2.12. The highest BCUT2D eigenvalue weighted by molar-refractivity contribution is 5.91. The van der Waals surface area contributed by atoms with Crippen LogP contribution in [0.4, 0.5) is 5.69 Å². The van der Waals surface area contributed by atoms with E-state index in [-0.39, 0.29) is 5.97 Å². The summed E-state index contributed by atoms with van der Waals surface area (Å²) >= 11 is 0. The number of carbonyl (C=O) groups excluding carboxylic acids is 1. The first kappa shape index (κ1) is 11.6. The zero-order valence-corrected chi connectivity index (χ0v) is 10.5. The summed E-state index contributed by atoms with van der Waals surface area (Å²) < 4.78 is 10.6. The van der Waals surface area contributed by atoms with Crippen LogP contribution in [0.2, 0.25) is 0 Å². The largest absolute Gasteiger partial charge is 0.465 e. The van der Waals surface area contributed by atoms with Gasteiger partial charge in [-0.05, 0) is 24.3 Å². The summed E-state index contributed by atoms with van der Waals surface area (Å²) in [7, 11) is 1.37. The first-order chi connectivity index (χ1) is 9.28. The van der Waals surface area contributed by atoms with Gasteiger partial charge in [-0.25, -0.2) is 4.79 Å². The summed E-state index contributed by atoms with van der Waals surface area (Å²) in [5.74, 6) is 1.18. The summed E-state index contributed by atoms with van der Waals surface area (Å²) in [6.07, 6.45) is 0. The molecule has 2 aromatic carbocycles. The molecule has 0 spiro atoms. The lowest BCUT2D eigenvalue weighted by molar-refractivity contribution is 0.0601. The molecule has 0 fully saturated rings. The fourth-order valence-corrected chi connectivity index (χ4v) is 2.06. The fourth-order valence-electron chi connectivity index (χ4n) is 2.06. The first-order valence-corrected chi connectivity index (χ1v) is 6.00. The van der Waals surface area contributed by atoms with Crippen LogP contribution in [-0.2, 0) is 11.3 Å². The van der Waals surface area contributed by atoms with Crippen LogP contribution in [-0.4, -0.2) is 13.1 Å². The Morgan fingerprint density at radius 3 is 2.89 bits per heavy atom. The molecular weight excluding hydrogens is 242 g/mol. The molecule has 0 atom stereocenters. The van der Waals surface area contributed by atoms with Gasteiger partial charge < -0.3 is 14.8 Å². The van der Waals surface area contributed by atoms with Gasteiger partial charge in [-0.1, -0.05) is 18.2 Å². The molecule has 0 radical (unpaired) electrons. The number of hydrogen-bond donors (Lipinski definition) is 1. The minimum atomic E-state index is -0.355. The number of anilines is 1. The zero-order chi connectivity index (χ0) is 13.2. The SMILES string of the molecule is COC(=O)c1ccc2c(c1)NCc1ccccc1O2. The number of nitrogens with one attached hydrogen (secondary N) is 1. The maximum Gasteiger partial charge on any atom is 0.337 e. The first-order valence-electron chi connectivity index (χ1n) is 6.00. The minimum Gasteiger partial charge on any atom is -0.465 e. The van der Waals surface area contributed by atoms with E-state index in [0.717, 1.165) is 17.0 Å². The number of para-hydroxylation sites is 1. The van der Waals surface area contributed by atoms with E-state index in [1.54, 1.807) is 18.2 Å². The highest BCUT2D eigenvalue weighted by Crippen LogP contribution is 2.35. The molecule has 4 nitrogen and oxygen atoms in total. The zero-order valence-electron chi connectivity index (χ0n) is 10.5. The lowest BCUT2D eigenvalue weighted by Gasteiger charge is -2.09. The van der Waals surface area contributed by atoms with Gasteiger partial charge in [0.2, 0.25) is 0 Å². The van der Waals surface area contributed by atoms with Crippen molar-refractivity contribution in [2.75, 3.05) is 12.4 Å². The quantitative estimate of drug-likeness (QED) is 0.795. The average Bonchev–Trinajstić information content (AvgIpc) is 2.64. The van der Waals surface area contributed by atoms with Crippen LogP contribution in [0, 0.1) is 0 Å². The highest BCUT2D eigenvalue weighted by atomic mass is 16.5. The molecule has 1 aliphatic heterocycles. The lowest BCUT2D eigenvalue weighted by atomic mass is 10.2. The average molecular weight is 255 g/mol. The van der Waals surface area contributed by atoms with E-state index in [1.807, 2.05) is 24.3 Å². The molecule has 0 unspecified atom stereocenters. The Hall–Kier alpha value is -2.49. The Labute approximate surface area is 111 Å². The van der Waals surface area contributed by atoms with Gasteiger partial charge in [0.05, 0.1) is 18.4 Å². The van der Waals surface area contributed by atoms with Crippen LogP contribution in [0.3, 0.4) is 0 Å². The summed E-state index contributed by atoms with van der Waals surface area (Å²) in [5.41, 5.74) is 2.38. The van der Waals surface area contributed by atoms with Crippen LogP contribution in [0.5, 0.6) is 11.5 Å². The van der Waals surface area contributed by atoms with E-state index in [4.69, 9.17) is 9.47 Å². The van der Waals surface area contributed by atoms with E-state index in [1.165, 1.54) is 7.11 Å². The maximum absolute atomic E-state index is 11.5. The Balaban J connectivity index is 1.99. The number of esters is 1. The number of benzene rings is 2. The second-order valence-electron chi connectivity index (χ2n) is 4.27. The fraction of sp³-hybridized carbons (Fsp3) is 0.133. The molecule has 1 N–H and O–H groups in total. The van der Waals surface area contributed by atoms with Crippen molar-refractivity contribution in [1.82, 2.24) is 0 Å². The van der Waals surface area contributed by atoms with Crippen LogP contribution in [0.1, 0.15) is 15.9 Å². The smallest absolute Gasteiger partial charge is 0.337 e. The van der Waals surface area contributed by atoms with Gasteiger partial charge in [-0.3, -0.25) is 0 Å². The molecule has 0 aromatic heterocycles. The Kier molecular flexibility index (Phi) is 2.83. The van der Waals surface area contributed by atoms with Gasteiger partial charge in [-0.15, -0.1) is 0 Å². The second kappa shape index (κ2) is 4.65. The highest BCUT2D eigenvalue weighted by Gasteiger charge is 2.16. The van der Waals surface area contributed by atoms with Crippen molar-refractivity contribution in [2.24, 2.45) is 0 Å². The molecular formula is C15H13NO3. The van der Waals surface area contributed by atoms with Crippen LogP contribution in [0.25, 0.3) is 0 Å². The van der Waals surface area contributed by atoms with Crippen LogP contribution >= 0.6 is 0 Å². The molecule has 0 saturated heterocycles. The third-order valence-corrected chi connectivity index (χ3v) is 3.06. The normalized spacial score (nSPS) is 12.3. The van der Waals surface area contributed by atoms with Gasteiger partial charge in [0.1, 0.15) is 5.75 Å². The number of ether oxygens (including phenoxy) is 2. The van der Waals surface area contributed by atoms with Crippen molar-refractivity contribution < 1.29 is 14.3 Å². The molecule has 3 rings (SSSR count). The van der Waals surface area contributed by atoms with Crippen molar-refractivity contribution in [3.63, 3.8) is 0 Å². The molecule has 0 aliphatic carbocycles. The second-order valence-corrected chi connectivity index (χ2v) is 4.27. The van der Waals surface area contributed by atoms with Crippen molar-refractivity contribution in [3.8, 4) is 11.5 Å². The number of carbonyl (C=O) groups is 1. The molecule has 0 saturated carbocycles. The van der Waals surface area contributed by atoms with E-state index >= 15 is 0 Å². The number of fused-ring (bicyclic) bond motifs is 2. The van der Waals surface area contributed by atoms with E-state index in [9.17, 15) is 4.79 Å². The summed E-state index contributed by atoms with van der Waals surface area (Å²) in [6.45, 7) is 0.661. The van der Waals surface area contributed by atoms with Crippen LogP contribution < -0.4 is 10.1 Å². The van der Waals surface area contributed by atoms with Crippen molar-refractivity contribution in [3.05, 3.63) is 53.6 Å². The van der Waals surface area contributed by atoms with Gasteiger partial charge in [0.15, 0.2) is 5.75 Å². The predicted molar refractivity (Wildman–Crippen MR) is 71.6 cm³/mol. The number of methoxy groups -OCH3 is 1. The molecule has 96 valence electrons. The van der Waals surface area contributed by atoms with Gasteiger partial charge >= 0.3 is 5.97 Å². The lowest BCUT2D eigenvalue weighted by Crippen LogP contribution is -2.03. The van der Waals surface area contributed by atoms with Gasteiger partial charge in [0, 0.05) is 12.1 Å². The monoisotopic (exact) mass is 255 g/mol. The molecule has 2 aromatic rings. The summed E-state index contributed by atoms with van der Waals surface area (Å²) in [6, 6.07) is 13.1.